The lowest BCUT2D eigenvalue weighted by Crippen LogP contribution is -2.56. The lowest BCUT2D eigenvalue weighted by Gasteiger charge is -2.37. The molecule has 2 rings (SSSR count). The molecule has 0 spiro atoms. The highest BCUT2D eigenvalue weighted by Crippen LogP contribution is 2.26. The molecule has 0 aromatic rings. The van der Waals surface area contributed by atoms with Gasteiger partial charge in [-0.25, -0.2) is 4.79 Å². The molecule has 0 bridgehead atoms. The number of carbonyl (C=O) groups is 1. The van der Waals surface area contributed by atoms with Gasteiger partial charge in [-0.3, -0.25) is 15.2 Å². The number of amides is 2. The van der Waals surface area contributed by atoms with Crippen molar-refractivity contribution in [1.82, 2.24) is 9.80 Å². The molecule has 2 aliphatic heterocycles. The summed E-state index contributed by atoms with van der Waals surface area (Å²) in [6, 6.07) is -0.457. The first-order chi connectivity index (χ1) is 8.47. The summed E-state index contributed by atoms with van der Waals surface area (Å²) < 4.78 is 5.29. The van der Waals surface area contributed by atoms with Crippen LogP contribution in [-0.4, -0.2) is 81.7 Å². The highest BCUT2D eigenvalue weighted by atomic mass is 16.6. The van der Waals surface area contributed by atoms with Gasteiger partial charge in [0, 0.05) is 20.0 Å². The van der Waals surface area contributed by atoms with E-state index in [1.54, 1.807) is 0 Å². The lowest BCUT2D eigenvalue weighted by molar-refractivity contribution is -0.0827. The molecule has 102 valence electrons. The van der Waals surface area contributed by atoms with Crippen LogP contribution in [0.4, 0.5) is 4.79 Å². The Morgan fingerprint density at radius 1 is 1.44 bits per heavy atom. The Labute approximate surface area is 104 Å². The number of nitrogens with zero attached hydrogens (tertiary/aromatic N) is 2. The van der Waals surface area contributed by atoms with Crippen LogP contribution in [0.1, 0.15) is 6.42 Å². The van der Waals surface area contributed by atoms with Gasteiger partial charge in [-0.2, -0.15) is 0 Å². The Morgan fingerprint density at radius 3 is 2.67 bits per heavy atom. The molecule has 4 atom stereocenters. The van der Waals surface area contributed by atoms with Crippen molar-refractivity contribution in [1.29, 1.82) is 5.41 Å². The second-order valence-corrected chi connectivity index (χ2v) is 4.46. The van der Waals surface area contributed by atoms with Gasteiger partial charge in [-0.1, -0.05) is 0 Å². The van der Waals surface area contributed by atoms with E-state index in [4.69, 9.17) is 15.3 Å². The number of nitrogens with one attached hydrogen (secondary N) is 1. The minimum absolute atomic E-state index is 0.197. The molecule has 2 saturated heterocycles. The van der Waals surface area contributed by atoms with Crippen LogP contribution in [0, 0.1) is 5.41 Å². The summed E-state index contributed by atoms with van der Waals surface area (Å²) in [6.45, 7) is -0.184. The maximum absolute atomic E-state index is 11.9. The van der Waals surface area contributed by atoms with E-state index in [1.807, 2.05) is 0 Å². The summed E-state index contributed by atoms with van der Waals surface area (Å²) in [4.78, 5) is 14.4. The summed E-state index contributed by atoms with van der Waals surface area (Å²) in [5.41, 5.74) is 0. The van der Waals surface area contributed by atoms with E-state index >= 15 is 0 Å². The third-order valence-corrected chi connectivity index (χ3v) is 3.35. The maximum Gasteiger partial charge on any atom is 0.327 e. The minimum Gasteiger partial charge on any atom is -0.394 e. The van der Waals surface area contributed by atoms with Crippen LogP contribution in [0.15, 0.2) is 0 Å². The summed E-state index contributed by atoms with van der Waals surface area (Å²) in [5, 5.41) is 36.0. The second-order valence-electron chi connectivity index (χ2n) is 4.46. The van der Waals surface area contributed by atoms with Crippen LogP contribution in [0.5, 0.6) is 0 Å². The summed E-state index contributed by atoms with van der Waals surface area (Å²) in [5.74, 6) is 0.197. The van der Waals surface area contributed by atoms with Crippen molar-refractivity contribution in [3.63, 3.8) is 0 Å². The van der Waals surface area contributed by atoms with Crippen molar-refractivity contribution >= 4 is 11.9 Å². The van der Waals surface area contributed by atoms with Crippen molar-refractivity contribution < 1.29 is 24.9 Å². The van der Waals surface area contributed by atoms with Crippen LogP contribution in [0.2, 0.25) is 0 Å². The Hall–Kier alpha value is -1.22. The van der Waals surface area contributed by atoms with E-state index in [0.717, 1.165) is 4.90 Å². The number of amidine groups is 1. The van der Waals surface area contributed by atoms with E-state index in [0.29, 0.717) is 6.42 Å². The first-order valence-corrected chi connectivity index (χ1v) is 5.71. The monoisotopic (exact) mass is 259 g/mol. The smallest absolute Gasteiger partial charge is 0.327 e. The molecule has 0 radical (unpaired) electrons. The Bertz CT molecular complexity index is 363. The zero-order valence-corrected chi connectivity index (χ0v) is 9.98. The van der Waals surface area contributed by atoms with Gasteiger partial charge in [0.1, 0.15) is 24.1 Å². The molecule has 2 fully saturated rings. The molecule has 0 aliphatic carbocycles. The maximum atomic E-state index is 11.9. The molecule has 0 aromatic heterocycles. The van der Waals surface area contributed by atoms with Gasteiger partial charge >= 0.3 is 6.03 Å². The highest BCUT2D eigenvalue weighted by Gasteiger charge is 2.48. The SMILES string of the molecule is CN1C(=N)CCN([C@@H]2O[C@H](CO)[C@@H](O)[C@H]2O)C1=O. The summed E-state index contributed by atoms with van der Waals surface area (Å²) in [6.07, 6.45) is -4.01. The van der Waals surface area contributed by atoms with Gasteiger partial charge in [-0.05, 0) is 0 Å². The standard InChI is InChI=1S/C10H17N3O5/c1-12-6(11)2-3-13(10(12)17)9-8(16)7(15)5(4-14)18-9/h5,7-9,11,14-16H,2-4H2,1H3/t5-,7-,8-,9-/m1/s1. The Kier molecular flexibility index (Phi) is 3.53. The van der Waals surface area contributed by atoms with E-state index in [-0.39, 0.29) is 12.4 Å². The lowest BCUT2D eigenvalue weighted by atomic mass is 10.1. The quantitative estimate of drug-likeness (QED) is 0.465. The summed E-state index contributed by atoms with van der Waals surface area (Å²) in [7, 11) is 1.47. The molecule has 8 nitrogen and oxygen atoms in total. The van der Waals surface area contributed by atoms with Gasteiger partial charge in [0.15, 0.2) is 6.23 Å². The molecule has 8 heteroatoms. The zero-order chi connectivity index (χ0) is 13.4. The topological polar surface area (TPSA) is 117 Å². The molecule has 0 aromatic carbocycles. The van der Waals surface area contributed by atoms with Crippen LogP contribution in [-0.2, 0) is 4.74 Å². The molecule has 0 unspecified atom stereocenters. The van der Waals surface area contributed by atoms with E-state index in [2.05, 4.69) is 0 Å². The third-order valence-electron chi connectivity index (χ3n) is 3.35. The van der Waals surface area contributed by atoms with Gasteiger partial charge in [0.05, 0.1) is 6.61 Å². The number of aliphatic hydroxyl groups is 3. The van der Waals surface area contributed by atoms with Crippen molar-refractivity contribution in [2.45, 2.75) is 31.0 Å². The molecule has 2 amide bonds. The van der Waals surface area contributed by atoms with Crippen LogP contribution in [0.25, 0.3) is 0 Å². The number of ether oxygens (including phenoxy) is 1. The van der Waals surface area contributed by atoms with Crippen molar-refractivity contribution in [3.8, 4) is 0 Å². The first-order valence-electron chi connectivity index (χ1n) is 5.71. The van der Waals surface area contributed by atoms with Crippen LogP contribution in [0.3, 0.4) is 0 Å². The molecular formula is C10H17N3O5. The molecule has 0 saturated carbocycles. The molecule has 18 heavy (non-hydrogen) atoms. The van der Waals surface area contributed by atoms with Gasteiger partial charge in [-0.15, -0.1) is 0 Å². The molecule has 2 aliphatic rings. The van der Waals surface area contributed by atoms with Crippen molar-refractivity contribution in [2.75, 3.05) is 20.2 Å². The fourth-order valence-corrected chi connectivity index (χ4v) is 2.17. The highest BCUT2D eigenvalue weighted by molar-refractivity contribution is 5.97. The van der Waals surface area contributed by atoms with E-state index in [1.165, 1.54) is 11.9 Å². The predicted octanol–water partition coefficient (Wildman–Crippen LogP) is -1.84. The first kappa shape index (κ1) is 13.2. The number of rotatable bonds is 2. The number of hydrogen-bond acceptors (Lipinski definition) is 6. The second kappa shape index (κ2) is 4.81. The molecule has 2 heterocycles. The van der Waals surface area contributed by atoms with Gasteiger partial charge < -0.3 is 20.1 Å². The number of hydrogen-bond donors (Lipinski definition) is 4. The number of urea groups is 1. The van der Waals surface area contributed by atoms with E-state index in [9.17, 15) is 15.0 Å². The van der Waals surface area contributed by atoms with Crippen molar-refractivity contribution in [2.24, 2.45) is 0 Å². The van der Waals surface area contributed by atoms with Gasteiger partial charge in [0.2, 0.25) is 0 Å². The molecule has 4 N–H and O–H groups in total. The van der Waals surface area contributed by atoms with E-state index < -0.39 is 37.2 Å². The minimum atomic E-state index is -1.26. The number of carbonyl (C=O) groups excluding carboxylic acids is 1. The Balaban J connectivity index is 2.13. The summed E-state index contributed by atoms with van der Waals surface area (Å²) >= 11 is 0. The predicted molar refractivity (Wildman–Crippen MR) is 60.0 cm³/mol. The zero-order valence-electron chi connectivity index (χ0n) is 9.98. The van der Waals surface area contributed by atoms with Crippen molar-refractivity contribution in [3.05, 3.63) is 0 Å². The van der Waals surface area contributed by atoms with Crippen LogP contribution >= 0.6 is 0 Å². The largest absolute Gasteiger partial charge is 0.394 e. The van der Waals surface area contributed by atoms with Gasteiger partial charge in [0.25, 0.3) is 0 Å². The average Bonchev–Trinajstić information content (AvgIpc) is 2.64. The normalized spacial score (nSPS) is 37.6. The average molecular weight is 259 g/mol. The molecular weight excluding hydrogens is 242 g/mol. The Morgan fingerprint density at radius 2 is 2.11 bits per heavy atom. The number of aliphatic hydroxyl groups excluding tert-OH is 3. The fourth-order valence-electron chi connectivity index (χ4n) is 2.17. The fraction of sp³-hybridized carbons (Fsp3) is 0.800. The van der Waals surface area contributed by atoms with Crippen LogP contribution < -0.4 is 0 Å². The third kappa shape index (κ3) is 1.97.